The van der Waals surface area contributed by atoms with Gasteiger partial charge in [-0.2, -0.15) is 5.26 Å². The summed E-state index contributed by atoms with van der Waals surface area (Å²) in [6.45, 7) is 1.29. The summed E-state index contributed by atoms with van der Waals surface area (Å²) in [5.41, 5.74) is 4.69. The van der Waals surface area contributed by atoms with E-state index in [0.717, 1.165) is 33.5 Å². The Morgan fingerprint density at radius 3 is 1.81 bits per heavy atom. The molecule has 186 valence electrons. The van der Waals surface area contributed by atoms with Gasteiger partial charge in [-0.15, -0.1) is 0 Å². The Labute approximate surface area is 223 Å². The SMILES string of the molecule is COc1ccc(CN(Cc2ccc(OC)cc2)C(=Nc2ccccc2C#N)SCc2ccccc2)cc1. The molecule has 4 aromatic rings. The van der Waals surface area contributed by atoms with E-state index in [1.54, 1.807) is 32.0 Å². The second-order valence-electron chi connectivity index (χ2n) is 8.35. The smallest absolute Gasteiger partial charge is 0.165 e. The lowest BCUT2D eigenvalue weighted by atomic mass is 10.1. The highest BCUT2D eigenvalue weighted by atomic mass is 32.2. The van der Waals surface area contributed by atoms with Crippen molar-refractivity contribution in [1.82, 2.24) is 4.90 Å². The zero-order chi connectivity index (χ0) is 25.9. The fourth-order valence-corrected chi connectivity index (χ4v) is 4.74. The van der Waals surface area contributed by atoms with Crippen LogP contribution in [0.1, 0.15) is 22.3 Å². The summed E-state index contributed by atoms with van der Waals surface area (Å²) in [4.78, 5) is 7.29. The van der Waals surface area contributed by atoms with Crippen molar-refractivity contribution in [1.29, 1.82) is 5.26 Å². The molecular formula is C31H29N3O2S. The number of para-hydroxylation sites is 1. The van der Waals surface area contributed by atoms with Crippen LogP contribution in [0.5, 0.6) is 11.5 Å². The molecule has 5 nitrogen and oxygen atoms in total. The van der Waals surface area contributed by atoms with Crippen LogP contribution < -0.4 is 9.47 Å². The summed E-state index contributed by atoms with van der Waals surface area (Å²) in [5.74, 6) is 2.40. The van der Waals surface area contributed by atoms with Gasteiger partial charge in [0.2, 0.25) is 0 Å². The second kappa shape index (κ2) is 13.2. The molecule has 0 saturated carbocycles. The van der Waals surface area contributed by atoms with Gasteiger partial charge in [-0.1, -0.05) is 78.5 Å². The number of ether oxygens (including phenoxy) is 2. The van der Waals surface area contributed by atoms with Crippen molar-refractivity contribution in [2.75, 3.05) is 14.2 Å². The number of hydrogen-bond acceptors (Lipinski definition) is 5. The highest BCUT2D eigenvalue weighted by Crippen LogP contribution is 2.27. The minimum Gasteiger partial charge on any atom is -0.497 e. The number of nitrogens with zero attached hydrogens (tertiary/aromatic N) is 3. The summed E-state index contributed by atoms with van der Waals surface area (Å²) in [6, 6.07) is 36.3. The van der Waals surface area contributed by atoms with Crippen molar-refractivity contribution >= 4 is 22.6 Å². The number of benzene rings is 4. The normalized spacial score (nSPS) is 11.0. The fourth-order valence-electron chi connectivity index (χ4n) is 3.78. The zero-order valence-corrected chi connectivity index (χ0v) is 21.8. The molecule has 0 fully saturated rings. The molecule has 37 heavy (non-hydrogen) atoms. The predicted octanol–water partition coefficient (Wildman–Crippen LogP) is 7.20. The van der Waals surface area contributed by atoms with E-state index < -0.39 is 0 Å². The lowest BCUT2D eigenvalue weighted by Crippen LogP contribution is -2.28. The van der Waals surface area contributed by atoms with Crippen molar-refractivity contribution in [2.24, 2.45) is 4.99 Å². The standard InChI is InChI=1S/C31H29N3O2S/c1-35-28-16-12-24(13-17-28)21-34(22-25-14-18-29(36-2)19-15-25)31(37-23-26-8-4-3-5-9-26)33-30-11-7-6-10-27(30)20-32/h3-19H,21-23H2,1-2H3. The molecule has 0 aliphatic rings. The summed E-state index contributed by atoms with van der Waals surface area (Å²) >= 11 is 1.67. The quantitative estimate of drug-likeness (QED) is 0.177. The van der Waals surface area contributed by atoms with E-state index >= 15 is 0 Å². The van der Waals surface area contributed by atoms with Gasteiger partial charge in [0.05, 0.1) is 25.5 Å². The monoisotopic (exact) mass is 507 g/mol. The van der Waals surface area contributed by atoms with Gasteiger partial charge in [-0.3, -0.25) is 0 Å². The number of rotatable bonds is 9. The largest absolute Gasteiger partial charge is 0.497 e. The van der Waals surface area contributed by atoms with Crippen molar-refractivity contribution in [3.8, 4) is 17.6 Å². The van der Waals surface area contributed by atoms with Crippen LogP contribution in [0.2, 0.25) is 0 Å². The molecule has 0 saturated heterocycles. The van der Waals surface area contributed by atoms with Crippen LogP contribution in [0.15, 0.2) is 108 Å². The molecule has 0 N–H and O–H groups in total. The van der Waals surface area contributed by atoms with Crippen LogP contribution >= 0.6 is 11.8 Å². The van der Waals surface area contributed by atoms with Crippen molar-refractivity contribution in [2.45, 2.75) is 18.8 Å². The Bertz CT molecular complexity index is 1300. The summed E-state index contributed by atoms with van der Waals surface area (Å²) in [5, 5.41) is 10.5. The molecular weight excluding hydrogens is 478 g/mol. The topological polar surface area (TPSA) is 57.9 Å². The van der Waals surface area contributed by atoms with Gasteiger partial charge < -0.3 is 14.4 Å². The van der Waals surface area contributed by atoms with Crippen LogP contribution in [0.4, 0.5) is 5.69 Å². The molecule has 0 spiro atoms. The van der Waals surface area contributed by atoms with Gasteiger partial charge in [0, 0.05) is 18.8 Å². The lowest BCUT2D eigenvalue weighted by Gasteiger charge is -2.26. The molecule has 0 aliphatic heterocycles. The van der Waals surface area contributed by atoms with E-state index in [1.807, 2.05) is 60.7 Å². The molecule has 0 aliphatic carbocycles. The first kappa shape index (κ1) is 25.9. The average Bonchev–Trinajstić information content (AvgIpc) is 2.96. The Morgan fingerprint density at radius 2 is 1.27 bits per heavy atom. The molecule has 0 atom stereocenters. The van der Waals surface area contributed by atoms with Crippen LogP contribution in [0.25, 0.3) is 0 Å². The van der Waals surface area contributed by atoms with Gasteiger partial charge in [0.15, 0.2) is 5.17 Å². The number of methoxy groups -OCH3 is 2. The summed E-state index contributed by atoms with van der Waals surface area (Å²) < 4.78 is 10.7. The van der Waals surface area contributed by atoms with E-state index in [9.17, 15) is 5.26 Å². The average molecular weight is 508 g/mol. The van der Waals surface area contributed by atoms with E-state index in [0.29, 0.717) is 24.3 Å². The van der Waals surface area contributed by atoms with E-state index in [4.69, 9.17) is 14.5 Å². The maximum Gasteiger partial charge on any atom is 0.165 e. The number of aliphatic imine (C=N–C) groups is 1. The molecule has 0 bridgehead atoms. The van der Waals surface area contributed by atoms with Crippen molar-refractivity contribution in [3.05, 3.63) is 125 Å². The van der Waals surface area contributed by atoms with Crippen molar-refractivity contribution < 1.29 is 9.47 Å². The zero-order valence-electron chi connectivity index (χ0n) is 21.0. The molecule has 0 unspecified atom stereocenters. The Hall–Kier alpha value is -4.21. The second-order valence-corrected chi connectivity index (χ2v) is 9.29. The molecule has 6 heteroatoms. The molecule has 0 radical (unpaired) electrons. The molecule has 0 aromatic heterocycles. The van der Waals surface area contributed by atoms with Crippen LogP contribution in [0, 0.1) is 11.3 Å². The highest BCUT2D eigenvalue weighted by Gasteiger charge is 2.16. The number of hydrogen-bond donors (Lipinski definition) is 0. The van der Waals surface area contributed by atoms with Crippen molar-refractivity contribution in [3.63, 3.8) is 0 Å². The third kappa shape index (κ3) is 7.39. The van der Waals surface area contributed by atoms with E-state index in [-0.39, 0.29) is 0 Å². The van der Waals surface area contributed by atoms with Gasteiger partial charge in [-0.05, 0) is 53.1 Å². The van der Waals surface area contributed by atoms with Crippen LogP contribution in [-0.2, 0) is 18.8 Å². The minimum absolute atomic E-state index is 0.550. The fraction of sp³-hybridized carbons (Fsp3) is 0.161. The number of amidine groups is 1. The summed E-state index contributed by atoms with van der Waals surface area (Å²) in [6.07, 6.45) is 0. The number of nitriles is 1. The molecule has 0 amide bonds. The number of thioether (sulfide) groups is 1. The lowest BCUT2D eigenvalue weighted by molar-refractivity contribution is 0.405. The minimum atomic E-state index is 0.550. The summed E-state index contributed by atoms with van der Waals surface area (Å²) in [7, 11) is 3.34. The third-order valence-corrected chi connectivity index (χ3v) is 6.87. The molecule has 0 heterocycles. The Kier molecular flexibility index (Phi) is 9.23. The third-order valence-electron chi connectivity index (χ3n) is 5.79. The Balaban J connectivity index is 1.72. The molecule has 4 aromatic carbocycles. The van der Waals surface area contributed by atoms with Gasteiger partial charge >= 0.3 is 0 Å². The maximum absolute atomic E-state index is 9.68. The predicted molar refractivity (Wildman–Crippen MR) is 151 cm³/mol. The highest BCUT2D eigenvalue weighted by molar-refractivity contribution is 8.13. The maximum atomic E-state index is 9.68. The first-order valence-corrected chi connectivity index (χ1v) is 12.9. The van der Waals surface area contributed by atoms with E-state index in [1.165, 1.54) is 5.56 Å². The first-order valence-electron chi connectivity index (χ1n) is 11.9. The molecule has 4 rings (SSSR count). The first-order chi connectivity index (χ1) is 18.2. The van der Waals surface area contributed by atoms with Crippen LogP contribution in [0.3, 0.4) is 0 Å². The van der Waals surface area contributed by atoms with E-state index in [2.05, 4.69) is 47.4 Å². The Morgan fingerprint density at radius 1 is 0.730 bits per heavy atom. The van der Waals surface area contributed by atoms with Gasteiger partial charge in [-0.25, -0.2) is 4.99 Å². The van der Waals surface area contributed by atoms with Crippen LogP contribution in [-0.4, -0.2) is 24.3 Å². The van der Waals surface area contributed by atoms with Gasteiger partial charge in [0.1, 0.15) is 17.6 Å². The van der Waals surface area contributed by atoms with Gasteiger partial charge in [0.25, 0.3) is 0 Å².